The lowest BCUT2D eigenvalue weighted by molar-refractivity contribution is 0.246. The number of benzene rings is 1. The first-order valence-corrected chi connectivity index (χ1v) is 6.09. The van der Waals surface area contributed by atoms with E-state index < -0.39 is 0 Å². The van der Waals surface area contributed by atoms with Crippen molar-refractivity contribution in [2.24, 2.45) is 0 Å². The van der Waals surface area contributed by atoms with Gasteiger partial charge in [-0.25, -0.2) is 4.79 Å². The Kier molecular flexibility index (Phi) is 3.52. The number of carbonyl (C=O) groups excluding carboxylic acids is 1. The molecule has 1 aromatic rings. The van der Waals surface area contributed by atoms with Crippen molar-refractivity contribution in [3.8, 4) is 0 Å². The van der Waals surface area contributed by atoms with Crippen LogP contribution in [0.2, 0.25) is 0 Å². The molecule has 92 valence electrons. The van der Waals surface area contributed by atoms with E-state index in [0.717, 1.165) is 37.4 Å². The standard InChI is InChI=1S/C13H19N3O/c1-3-8-14-13(17)16-10-9-15(2)11-6-4-5-7-12(11)16/h4-7H,3,8-10H2,1-2H3,(H,14,17). The zero-order valence-corrected chi connectivity index (χ0v) is 10.4. The average Bonchev–Trinajstić information content (AvgIpc) is 2.37. The van der Waals surface area contributed by atoms with Crippen molar-refractivity contribution in [2.45, 2.75) is 13.3 Å². The summed E-state index contributed by atoms with van der Waals surface area (Å²) < 4.78 is 0. The van der Waals surface area contributed by atoms with Crippen molar-refractivity contribution in [3.63, 3.8) is 0 Å². The topological polar surface area (TPSA) is 35.6 Å². The Morgan fingerprint density at radius 3 is 2.71 bits per heavy atom. The van der Waals surface area contributed by atoms with Crippen LogP contribution in [-0.2, 0) is 0 Å². The van der Waals surface area contributed by atoms with Crippen LogP contribution in [0.25, 0.3) is 0 Å². The molecule has 0 atom stereocenters. The lowest BCUT2D eigenvalue weighted by Crippen LogP contribution is -2.47. The Balaban J connectivity index is 2.21. The molecule has 0 unspecified atom stereocenters. The Bertz CT molecular complexity index is 405. The van der Waals surface area contributed by atoms with Gasteiger partial charge in [-0.1, -0.05) is 19.1 Å². The largest absolute Gasteiger partial charge is 0.371 e. The Hall–Kier alpha value is -1.71. The number of urea groups is 1. The van der Waals surface area contributed by atoms with Crippen molar-refractivity contribution in [1.29, 1.82) is 0 Å². The number of carbonyl (C=O) groups is 1. The van der Waals surface area contributed by atoms with Crippen LogP contribution in [-0.4, -0.2) is 32.7 Å². The van der Waals surface area contributed by atoms with E-state index in [1.165, 1.54) is 0 Å². The molecule has 0 spiro atoms. The zero-order chi connectivity index (χ0) is 12.3. The van der Waals surface area contributed by atoms with Gasteiger partial charge in [0.1, 0.15) is 0 Å². The lowest BCUT2D eigenvalue weighted by Gasteiger charge is -2.35. The summed E-state index contributed by atoms with van der Waals surface area (Å²) in [6.45, 7) is 4.39. The van der Waals surface area contributed by atoms with E-state index in [1.807, 2.05) is 23.1 Å². The third kappa shape index (κ3) is 2.35. The summed E-state index contributed by atoms with van der Waals surface area (Å²) in [6.07, 6.45) is 0.959. The third-order valence-corrected chi connectivity index (χ3v) is 3.01. The maximum absolute atomic E-state index is 12.0. The molecule has 1 aliphatic rings. The molecule has 2 amide bonds. The van der Waals surface area contributed by atoms with Gasteiger partial charge in [0.15, 0.2) is 0 Å². The SMILES string of the molecule is CCCNC(=O)N1CCN(C)c2ccccc21. The number of nitrogens with zero attached hydrogens (tertiary/aromatic N) is 2. The minimum absolute atomic E-state index is 0.00685. The summed E-state index contributed by atoms with van der Waals surface area (Å²) in [6, 6.07) is 8.03. The predicted molar refractivity (Wildman–Crippen MR) is 70.7 cm³/mol. The van der Waals surface area contributed by atoms with Crippen LogP contribution in [0.5, 0.6) is 0 Å². The highest BCUT2D eigenvalue weighted by Crippen LogP contribution is 2.31. The molecule has 2 rings (SSSR count). The van der Waals surface area contributed by atoms with Gasteiger partial charge in [-0.15, -0.1) is 0 Å². The van der Waals surface area contributed by atoms with E-state index >= 15 is 0 Å². The van der Waals surface area contributed by atoms with Crippen molar-refractivity contribution >= 4 is 17.4 Å². The number of rotatable bonds is 2. The predicted octanol–water partition coefficient (Wildman–Crippen LogP) is 2.06. The quantitative estimate of drug-likeness (QED) is 0.848. The average molecular weight is 233 g/mol. The van der Waals surface area contributed by atoms with E-state index in [2.05, 4.69) is 30.3 Å². The van der Waals surface area contributed by atoms with Crippen LogP contribution < -0.4 is 15.1 Å². The second kappa shape index (κ2) is 5.08. The van der Waals surface area contributed by atoms with Gasteiger partial charge in [0.05, 0.1) is 11.4 Å². The van der Waals surface area contributed by atoms with Crippen LogP contribution in [0.1, 0.15) is 13.3 Å². The molecule has 0 aliphatic carbocycles. The molecule has 1 heterocycles. The second-order valence-electron chi connectivity index (χ2n) is 4.29. The van der Waals surface area contributed by atoms with E-state index in [1.54, 1.807) is 0 Å². The summed E-state index contributed by atoms with van der Waals surface area (Å²) in [5.41, 5.74) is 2.11. The molecular weight excluding hydrogens is 214 g/mol. The second-order valence-corrected chi connectivity index (χ2v) is 4.29. The summed E-state index contributed by atoms with van der Waals surface area (Å²) in [5.74, 6) is 0. The fourth-order valence-electron chi connectivity index (χ4n) is 2.04. The van der Waals surface area contributed by atoms with Crippen molar-refractivity contribution in [1.82, 2.24) is 5.32 Å². The molecule has 17 heavy (non-hydrogen) atoms. The summed E-state index contributed by atoms with van der Waals surface area (Å²) >= 11 is 0. The molecule has 0 aromatic heterocycles. The first-order chi connectivity index (χ1) is 8.24. The van der Waals surface area contributed by atoms with Crippen molar-refractivity contribution in [2.75, 3.05) is 36.5 Å². The molecule has 0 saturated heterocycles. The smallest absolute Gasteiger partial charge is 0.322 e. The fraction of sp³-hybridized carbons (Fsp3) is 0.462. The minimum Gasteiger partial charge on any atom is -0.371 e. The molecule has 4 nitrogen and oxygen atoms in total. The molecule has 1 aromatic carbocycles. The number of likely N-dealkylation sites (N-methyl/N-ethyl adjacent to an activating group) is 1. The summed E-state index contributed by atoms with van der Waals surface area (Å²) in [7, 11) is 2.06. The van der Waals surface area contributed by atoms with Gasteiger partial charge >= 0.3 is 6.03 Å². The Morgan fingerprint density at radius 2 is 2.00 bits per heavy atom. The molecule has 0 radical (unpaired) electrons. The first-order valence-electron chi connectivity index (χ1n) is 6.09. The molecule has 0 saturated carbocycles. The van der Waals surface area contributed by atoms with Crippen LogP contribution >= 0.6 is 0 Å². The molecule has 0 fully saturated rings. The normalized spacial score (nSPS) is 14.5. The summed E-state index contributed by atoms with van der Waals surface area (Å²) in [5, 5.41) is 2.93. The van der Waals surface area contributed by atoms with Crippen molar-refractivity contribution < 1.29 is 4.79 Å². The van der Waals surface area contributed by atoms with Crippen molar-refractivity contribution in [3.05, 3.63) is 24.3 Å². The fourth-order valence-corrected chi connectivity index (χ4v) is 2.04. The highest BCUT2D eigenvalue weighted by Gasteiger charge is 2.24. The van der Waals surface area contributed by atoms with E-state index in [-0.39, 0.29) is 6.03 Å². The van der Waals surface area contributed by atoms with E-state index in [9.17, 15) is 4.79 Å². The lowest BCUT2D eigenvalue weighted by atomic mass is 10.2. The Labute approximate surface area is 102 Å². The first kappa shape index (κ1) is 11.8. The van der Waals surface area contributed by atoms with E-state index in [4.69, 9.17) is 0 Å². The van der Waals surface area contributed by atoms with Gasteiger partial charge in [0.25, 0.3) is 0 Å². The summed E-state index contributed by atoms with van der Waals surface area (Å²) in [4.78, 5) is 16.0. The monoisotopic (exact) mass is 233 g/mol. The van der Waals surface area contributed by atoms with Gasteiger partial charge in [-0.3, -0.25) is 4.90 Å². The maximum Gasteiger partial charge on any atom is 0.322 e. The van der Waals surface area contributed by atoms with Crippen LogP contribution in [0, 0.1) is 0 Å². The molecule has 4 heteroatoms. The number of para-hydroxylation sites is 2. The van der Waals surface area contributed by atoms with Gasteiger partial charge in [-0.2, -0.15) is 0 Å². The number of amides is 2. The highest BCUT2D eigenvalue weighted by atomic mass is 16.2. The molecule has 0 bridgehead atoms. The Morgan fingerprint density at radius 1 is 1.29 bits per heavy atom. The van der Waals surface area contributed by atoms with Crippen LogP contribution in [0.15, 0.2) is 24.3 Å². The van der Waals surface area contributed by atoms with Crippen LogP contribution in [0.3, 0.4) is 0 Å². The maximum atomic E-state index is 12.0. The highest BCUT2D eigenvalue weighted by molar-refractivity contribution is 5.96. The van der Waals surface area contributed by atoms with Gasteiger partial charge in [0.2, 0.25) is 0 Å². The number of hydrogen-bond donors (Lipinski definition) is 1. The molecular formula is C13H19N3O. The number of anilines is 2. The molecule has 1 aliphatic heterocycles. The van der Waals surface area contributed by atoms with Crippen LogP contribution in [0.4, 0.5) is 16.2 Å². The number of hydrogen-bond acceptors (Lipinski definition) is 2. The van der Waals surface area contributed by atoms with Gasteiger partial charge in [-0.05, 0) is 18.6 Å². The van der Waals surface area contributed by atoms with Gasteiger partial charge < -0.3 is 10.2 Å². The minimum atomic E-state index is 0.00685. The zero-order valence-electron chi connectivity index (χ0n) is 10.4. The van der Waals surface area contributed by atoms with Gasteiger partial charge in [0, 0.05) is 26.7 Å². The number of nitrogens with one attached hydrogen (secondary N) is 1. The third-order valence-electron chi connectivity index (χ3n) is 3.01. The number of fused-ring (bicyclic) bond motifs is 1. The van der Waals surface area contributed by atoms with E-state index in [0.29, 0.717) is 0 Å². The molecule has 1 N–H and O–H groups in total.